The zero-order valence-electron chi connectivity index (χ0n) is 12.9. The van der Waals surface area contributed by atoms with Gasteiger partial charge in [0.15, 0.2) is 0 Å². The third-order valence-electron chi connectivity index (χ3n) is 3.33. The van der Waals surface area contributed by atoms with Crippen LogP contribution in [-0.4, -0.2) is 30.2 Å². The van der Waals surface area contributed by atoms with E-state index in [1.807, 2.05) is 45.0 Å². The summed E-state index contributed by atoms with van der Waals surface area (Å²) in [5.74, 6) is -0.663. The lowest BCUT2D eigenvalue weighted by molar-refractivity contribution is -0.137. The molecule has 116 valence electrons. The van der Waals surface area contributed by atoms with Gasteiger partial charge in [0.05, 0.1) is 0 Å². The van der Waals surface area contributed by atoms with Crippen molar-refractivity contribution in [2.75, 3.05) is 18.0 Å². The maximum Gasteiger partial charge on any atom is 0.321 e. The molecule has 2 N–H and O–H groups in total. The molecule has 0 saturated heterocycles. The molecule has 0 aliphatic heterocycles. The fraction of sp³-hybridized carbons (Fsp3) is 0.500. The molecule has 0 heterocycles. The quantitative estimate of drug-likeness (QED) is 0.811. The van der Waals surface area contributed by atoms with Gasteiger partial charge in [0.2, 0.25) is 0 Å². The number of nitrogens with one attached hydrogen (secondary N) is 1. The average molecular weight is 292 g/mol. The fourth-order valence-corrected chi connectivity index (χ4v) is 2.07. The van der Waals surface area contributed by atoms with E-state index in [0.29, 0.717) is 19.5 Å². The molecule has 1 aromatic carbocycles. The molecule has 1 unspecified atom stereocenters. The van der Waals surface area contributed by atoms with E-state index in [2.05, 4.69) is 5.32 Å². The van der Waals surface area contributed by atoms with E-state index in [0.717, 1.165) is 11.3 Å². The third-order valence-corrected chi connectivity index (χ3v) is 3.33. The summed E-state index contributed by atoms with van der Waals surface area (Å²) in [7, 11) is 0. The second-order valence-corrected chi connectivity index (χ2v) is 5.31. The Bertz CT molecular complexity index is 488. The number of nitrogens with zero attached hydrogens (tertiary/aromatic N) is 1. The summed E-state index contributed by atoms with van der Waals surface area (Å²) in [6.45, 7) is 6.92. The number of benzene rings is 1. The highest BCUT2D eigenvalue weighted by atomic mass is 16.4. The van der Waals surface area contributed by atoms with Crippen LogP contribution in [-0.2, 0) is 4.79 Å². The van der Waals surface area contributed by atoms with Crippen LogP contribution < -0.4 is 10.2 Å². The summed E-state index contributed by atoms with van der Waals surface area (Å²) in [6, 6.07) is 7.64. The first-order valence-electron chi connectivity index (χ1n) is 7.27. The lowest BCUT2D eigenvalue weighted by atomic mass is 10.1. The first kappa shape index (κ1) is 17.0. The van der Waals surface area contributed by atoms with Crippen LogP contribution in [0.4, 0.5) is 10.5 Å². The number of carboxylic acid groups (broad SMARTS) is 1. The summed E-state index contributed by atoms with van der Waals surface area (Å²) in [4.78, 5) is 24.4. The van der Waals surface area contributed by atoms with Gasteiger partial charge in [0.25, 0.3) is 0 Å². The van der Waals surface area contributed by atoms with Gasteiger partial charge < -0.3 is 10.4 Å². The molecular weight excluding hydrogens is 268 g/mol. The second-order valence-electron chi connectivity index (χ2n) is 5.31. The average Bonchev–Trinajstić information content (AvgIpc) is 2.43. The Labute approximate surface area is 126 Å². The van der Waals surface area contributed by atoms with Gasteiger partial charge in [-0.05, 0) is 43.9 Å². The number of urea groups is 1. The summed E-state index contributed by atoms with van der Waals surface area (Å²) in [5.41, 5.74) is 1.97. The number of hydrogen-bond donors (Lipinski definition) is 2. The predicted octanol–water partition coefficient (Wildman–Crippen LogP) is 3.03. The van der Waals surface area contributed by atoms with Crippen LogP contribution in [0.1, 0.15) is 32.3 Å². The summed E-state index contributed by atoms with van der Waals surface area (Å²) in [5, 5.41) is 11.5. The molecule has 2 amide bonds. The number of carboxylic acids is 1. The van der Waals surface area contributed by atoms with Crippen molar-refractivity contribution >= 4 is 17.7 Å². The van der Waals surface area contributed by atoms with E-state index in [1.54, 1.807) is 4.90 Å². The summed E-state index contributed by atoms with van der Waals surface area (Å²) < 4.78 is 0. The van der Waals surface area contributed by atoms with Crippen LogP contribution in [0, 0.1) is 12.8 Å². The van der Waals surface area contributed by atoms with Crippen LogP contribution in [0.3, 0.4) is 0 Å². The number of hydrogen-bond acceptors (Lipinski definition) is 2. The molecule has 0 aliphatic carbocycles. The first-order valence-corrected chi connectivity index (χ1v) is 7.27. The van der Waals surface area contributed by atoms with E-state index in [9.17, 15) is 9.59 Å². The van der Waals surface area contributed by atoms with Gasteiger partial charge in [-0.1, -0.05) is 19.1 Å². The van der Waals surface area contributed by atoms with Crippen LogP contribution in [0.25, 0.3) is 0 Å². The van der Waals surface area contributed by atoms with E-state index >= 15 is 0 Å². The van der Waals surface area contributed by atoms with E-state index in [-0.39, 0.29) is 18.4 Å². The van der Waals surface area contributed by atoms with Gasteiger partial charge in [-0.2, -0.15) is 0 Å². The number of carbonyl (C=O) groups excluding carboxylic acids is 1. The Balaban J connectivity index is 2.54. The Morgan fingerprint density at radius 3 is 2.67 bits per heavy atom. The van der Waals surface area contributed by atoms with Crippen LogP contribution in [0.2, 0.25) is 0 Å². The second kappa shape index (κ2) is 8.29. The van der Waals surface area contributed by atoms with Crippen LogP contribution in [0.5, 0.6) is 0 Å². The minimum absolute atomic E-state index is 0.131. The summed E-state index contributed by atoms with van der Waals surface area (Å²) >= 11 is 0. The van der Waals surface area contributed by atoms with Gasteiger partial charge in [0, 0.05) is 25.2 Å². The molecule has 5 nitrogen and oxygen atoms in total. The Morgan fingerprint density at radius 2 is 2.10 bits per heavy atom. The minimum Gasteiger partial charge on any atom is -0.481 e. The molecule has 1 atom stereocenters. The Morgan fingerprint density at radius 1 is 1.38 bits per heavy atom. The van der Waals surface area contributed by atoms with E-state index in [1.165, 1.54) is 0 Å². The van der Waals surface area contributed by atoms with Crippen molar-refractivity contribution in [3.05, 3.63) is 29.8 Å². The highest BCUT2D eigenvalue weighted by molar-refractivity contribution is 5.91. The highest BCUT2D eigenvalue weighted by Gasteiger charge is 2.14. The smallest absolute Gasteiger partial charge is 0.321 e. The molecule has 0 aromatic heterocycles. The SMILES string of the molecule is CCN(C(=O)NCC(C)CCC(=O)O)c1cccc(C)c1. The molecule has 5 heteroatoms. The Kier molecular flexibility index (Phi) is 6.72. The Hall–Kier alpha value is -2.04. The summed E-state index contributed by atoms with van der Waals surface area (Å²) in [6.07, 6.45) is 0.693. The first-order chi connectivity index (χ1) is 9.93. The highest BCUT2D eigenvalue weighted by Crippen LogP contribution is 2.16. The maximum atomic E-state index is 12.2. The topological polar surface area (TPSA) is 69.6 Å². The van der Waals surface area contributed by atoms with Crippen molar-refractivity contribution < 1.29 is 14.7 Å². The molecule has 0 fully saturated rings. The van der Waals surface area contributed by atoms with Crippen molar-refractivity contribution in [2.24, 2.45) is 5.92 Å². The zero-order valence-corrected chi connectivity index (χ0v) is 12.9. The number of amides is 2. The number of aliphatic carboxylic acids is 1. The van der Waals surface area contributed by atoms with Gasteiger partial charge in [-0.25, -0.2) is 4.79 Å². The van der Waals surface area contributed by atoms with Gasteiger partial charge in [0.1, 0.15) is 0 Å². The number of carbonyl (C=O) groups is 2. The number of anilines is 1. The minimum atomic E-state index is -0.803. The lowest BCUT2D eigenvalue weighted by Crippen LogP contribution is -2.41. The molecule has 0 aliphatic rings. The fourth-order valence-electron chi connectivity index (χ4n) is 2.07. The van der Waals surface area contributed by atoms with Crippen molar-refractivity contribution in [2.45, 2.75) is 33.6 Å². The van der Waals surface area contributed by atoms with Crippen LogP contribution >= 0.6 is 0 Å². The van der Waals surface area contributed by atoms with Crippen LogP contribution in [0.15, 0.2) is 24.3 Å². The predicted molar refractivity (Wildman–Crippen MR) is 83.6 cm³/mol. The molecule has 21 heavy (non-hydrogen) atoms. The molecule has 0 spiro atoms. The molecule has 1 rings (SSSR count). The van der Waals surface area contributed by atoms with Crippen molar-refractivity contribution in [1.29, 1.82) is 0 Å². The molecule has 1 aromatic rings. The van der Waals surface area contributed by atoms with Gasteiger partial charge >= 0.3 is 12.0 Å². The maximum absolute atomic E-state index is 12.2. The normalized spacial score (nSPS) is 11.8. The molecular formula is C16H24N2O3. The van der Waals surface area contributed by atoms with Crippen molar-refractivity contribution in [3.8, 4) is 0 Å². The van der Waals surface area contributed by atoms with Gasteiger partial charge in [-0.3, -0.25) is 9.69 Å². The molecule has 0 saturated carbocycles. The van der Waals surface area contributed by atoms with E-state index < -0.39 is 5.97 Å². The van der Waals surface area contributed by atoms with E-state index in [4.69, 9.17) is 5.11 Å². The molecule has 0 radical (unpaired) electrons. The number of aryl methyl sites for hydroxylation is 1. The molecule has 0 bridgehead atoms. The standard InChI is InChI=1S/C16H24N2O3/c1-4-18(14-7-5-6-12(2)10-14)16(21)17-11-13(3)8-9-15(19)20/h5-7,10,13H,4,8-9,11H2,1-3H3,(H,17,21)(H,19,20). The van der Waals surface area contributed by atoms with Crippen molar-refractivity contribution in [3.63, 3.8) is 0 Å². The third kappa shape index (κ3) is 5.85. The van der Waals surface area contributed by atoms with Crippen molar-refractivity contribution in [1.82, 2.24) is 5.32 Å². The monoisotopic (exact) mass is 292 g/mol. The van der Waals surface area contributed by atoms with Gasteiger partial charge in [-0.15, -0.1) is 0 Å². The zero-order chi connectivity index (χ0) is 15.8. The largest absolute Gasteiger partial charge is 0.481 e. The lowest BCUT2D eigenvalue weighted by Gasteiger charge is -2.23. The number of rotatable bonds is 7.